The molecule has 0 N–H and O–H groups in total. The zero-order valence-corrected chi connectivity index (χ0v) is 14.9. The predicted octanol–water partition coefficient (Wildman–Crippen LogP) is 5.77. The van der Waals surface area contributed by atoms with Crippen molar-refractivity contribution >= 4 is 5.57 Å². The molecule has 1 saturated heterocycles. The van der Waals surface area contributed by atoms with Crippen LogP contribution in [0.4, 0.5) is 8.78 Å². The summed E-state index contributed by atoms with van der Waals surface area (Å²) in [6.45, 7) is 7.76. The van der Waals surface area contributed by atoms with Crippen LogP contribution in [0.25, 0.3) is 16.7 Å². The Bertz CT molecular complexity index is 741. The number of allylic oxidation sites excluding steroid dienone is 1. The Morgan fingerprint density at radius 3 is 2.40 bits per heavy atom. The fraction of sp³-hybridized carbons (Fsp3) is 0.364. The summed E-state index contributed by atoms with van der Waals surface area (Å²) in [7, 11) is 0. The fourth-order valence-corrected chi connectivity index (χ4v) is 3.26. The van der Waals surface area contributed by atoms with E-state index in [9.17, 15) is 8.78 Å². The van der Waals surface area contributed by atoms with Gasteiger partial charge in [-0.15, -0.1) is 0 Å². The average molecular weight is 341 g/mol. The number of piperidine rings is 1. The number of benzene rings is 2. The van der Waals surface area contributed by atoms with Crippen LogP contribution in [0.5, 0.6) is 0 Å². The quantitative estimate of drug-likeness (QED) is 0.682. The smallest absolute Gasteiger partial charge is 0.133 e. The van der Waals surface area contributed by atoms with Crippen LogP contribution in [-0.4, -0.2) is 24.5 Å². The first-order chi connectivity index (χ1) is 12.0. The highest BCUT2D eigenvalue weighted by Crippen LogP contribution is 2.25. The van der Waals surface area contributed by atoms with Gasteiger partial charge < -0.3 is 0 Å². The summed E-state index contributed by atoms with van der Waals surface area (Å²) < 4.78 is 26.9. The SMILES string of the molecule is C/C(=C/CN1CCC(C)CC1)c1ccc(-c2ccc(F)cc2F)cc1. The van der Waals surface area contributed by atoms with Gasteiger partial charge in [0.2, 0.25) is 0 Å². The molecule has 0 radical (unpaired) electrons. The first-order valence-electron chi connectivity index (χ1n) is 8.98. The molecule has 0 atom stereocenters. The molecule has 1 aliphatic heterocycles. The van der Waals surface area contributed by atoms with Crippen molar-refractivity contribution in [3.05, 3.63) is 65.7 Å². The van der Waals surface area contributed by atoms with Crippen molar-refractivity contribution in [2.24, 2.45) is 5.92 Å². The van der Waals surface area contributed by atoms with Crippen LogP contribution in [0.2, 0.25) is 0 Å². The van der Waals surface area contributed by atoms with Crippen molar-refractivity contribution in [1.82, 2.24) is 4.90 Å². The molecule has 1 fully saturated rings. The van der Waals surface area contributed by atoms with E-state index in [2.05, 4.69) is 24.8 Å². The number of rotatable bonds is 4. The van der Waals surface area contributed by atoms with Crippen LogP contribution in [0.3, 0.4) is 0 Å². The molecule has 2 aromatic carbocycles. The molecule has 0 saturated carbocycles. The van der Waals surface area contributed by atoms with E-state index in [1.165, 1.54) is 43.6 Å². The van der Waals surface area contributed by atoms with E-state index >= 15 is 0 Å². The highest BCUT2D eigenvalue weighted by Gasteiger charge is 2.14. The molecule has 3 rings (SSSR count). The molecule has 0 aliphatic carbocycles. The maximum atomic E-state index is 13.9. The third-order valence-electron chi connectivity index (χ3n) is 5.11. The molecule has 25 heavy (non-hydrogen) atoms. The maximum Gasteiger partial charge on any atom is 0.133 e. The highest BCUT2D eigenvalue weighted by atomic mass is 19.1. The average Bonchev–Trinajstić information content (AvgIpc) is 2.61. The van der Waals surface area contributed by atoms with E-state index in [0.717, 1.165) is 29.7 Å². The monoisotopic (exact) mass is 341 g/mol. The number of halogens is 2. The maximum absolute atomic E-state index is 13.9. The van der Waals surface area contributed by atoms with Crippen molar-refractivity contribution in [1.29, 1.82) is 0 Å². The summed E-state index contributed by atoms with van der Waals surface area (Å²) in [6, 6.07) is 11.5. The topological polar surface area (TPSA) is 3.24 Å². The molecule has 0 amide bonds. The molecule has 3 heteroatoms. The van der Waals surface area contributed by atoms with Gasteiger partial charge in [-0.1, -0.05) is 37.3 Å². The Balaban J connectivity index is 1.68. The third-order valence-corrected chi connectivity index (χ3v) is 5.11. The first kappa shape index (κ1) is 17.8. The van der Waals surface area contributed by atoms with Gasteiger partial charge in [-0.3, -0.25) is 4.90 Å². The van der Waals surface area contributed by atoms with Crippen molar-refractivity contribution in [3.63, 3.8) is 0 Å². The lowest BCUT2D eigenvalue weighted by molar-refractivity contribution is 0.210. The molecule has 0 bridgehead atoms. The van der Waals surface area contributed by atoms with E-state index in [0.29, 0.717) is 5.56 Å². The Morgan fingerprint density at radius 1 is 1.08 bits per heavy atom. The minimum absolute atomic E-state index is 0.428. The molecular formula is C22H25F2N. The molecule has 0 aromatic heterocycles. The summed E-state index contributed by atoms with van der Waals surface area (Å²) in [5, 5.41) is 0. The zero-order valence-electron chi connectivity index (χ0n) is 14.9. The lowest BCUT2D eigenvalue weighted by Gasteiger charge is -2.29. The van der Waals surface area contributed by atoms with Crippen LogP contribution in [0.1, 0.15) is 32.3 Å². The minimum Gasteiger partial charge on any atom is -0.300 e. The van der Waals surface area contributed by atoms with Gasteiger partial charge in [-0.05, 0) is 67.6 Å². The second kappa shape index (κ2) is 7.92. The van der Waals surface area contributed by atoms with Gasteiger partial charge >= 0.3 is 0 Å². The van der Waals surface area contributed by atoms with Gasteiger partial charge in [0.1, 0.15) is 11.6 Å². The molecule has 0 unspecified atom stereocenters. The number of hydrogen-bond donors (Lipinski definition) is 0. The number of nitrogens with zero attached hydrogens (tertiary/aromatic N) is 1. The Hall–Kier alpha value is -2.00. The fourth-order valence-electron chi connectivity index (χ4n) is 3.26. The van der Waals surface area contributed by atoms with Crippen LogP contribution in [0, 0.1) is 17.6 Å². The third kappa shape index (κ3) is 4.55. The minimum atomic E-state index is -0.552. The molecule has 1 nitrogen and oxygen atoms in total. The Labute approximate surface area is 149 Å². The Kier molecular flexibility index (Phi) is 5.64. The molecule has 2 aromatic rings. The summed E-state index contributed by atoms with van der Waals surface area (Å²) >= 11 is 0. The van der Waals surface area contributed by atoms with Crippen LogP contribution in [-0.2, 0) is 0 Å². The molecular weight excluding hydrogens is 316 g/mol. The van der Waals surface area contributed by atoms with Crippen LogP contribution >= 0.6 is 0 Å². The van der Waals surface area contributed by atoms with E-state index in [1.54, 1.807) is 0 Å². The summed E-state index contributed by atoms with van der Waals surface area (Å²) in [5.74, 6) is -0.233. The van der Waals surface area contributed by atoms with Crippen molar-refractivity contribution in [3.8, 4) is 11.1 Å². The second-order valence-corrected chi connectivity index (χ2v) is 7.07. The van der Waals surface area contributed by atoms with Gasteiger partial charge in [0, 0.05) is 18.2 Å². The standard InChI is InChI=1S/C22H25F2N/c1-16-9-12-25(13-10-16)14-11-17(2)18-3-5-19(6-4-18)21-8-7-20(23)15-22(21)24/h3-8,11,15-16H,9-10,12-14H2,1-2H3/b17-11-. The lowest BCUT2D eigenvalue weighted by Crippen LogP contribution is -2.32. The van der Waals surface area contributed by atoms with Crippen LogP contribution in [0.15, 0.2) is 48.5 Å². The summed E-state index contributed by atoms with van der Waals surface area (Å²) in [5.41, 5.74) is 3.55. The molecule has 1 aliphatic rings. The van der Waals surface area contributed by atoms with Crippen molar-refractivity contribution in [2.75, 3.05) is 19.6 Å². The molecule has 132 valence electrons. The van der Waals surface area contributed by atoms with Crippen molar-refractivity contribution < 1.29 is 8.78 Å². The summed E-state index contributed by atoms with van der Waals surface area (Å²) in [4.78, 5) is 2.49. The lowest BCUT2D eigenvalue weighted by atomic mass is 9.98. The zero-order chi connectivity index (χ0) is 17.8. The number of hydrogen-bond acceptors (Lipinski definition) is 1. The largest absolute Gasteiger partial charge is 0.300 e. The molecule has 1 heterocycles. The Morgan fingerprint density at radius 2 is 1.76 bits per heavy atom. The highest BCUT2D eigenvalue weighted by molar-refractivity contribution is 5.70. The summed E-state index contributed by atoms with van der Waals surface area (Å²) in [6.07, 6.45) is 4.83. The van der Waals surface area contributed by atoms with Gasteiger partial charge in [0.05, 0.1) is 0 Å². The van der Waals surface area contributed by atoms with E-state index < -0.39 is 11.6 Å². The van der Waals surface area contributed by atoms with E-state index in [1.807, 2.05) is 24.3 Å². The van der Waals surface area contributed by atoms with E-state index in [-0.39, 0.29) is 0 Å². The second-order valence-electron chi connectivity index (χ2n) is 7.07. The van der Waals surface area contributed by atoms with Crippen LogP contribution < -0.4 is 0 Å². The van der Waals surface area contributed by atoms with Gasteiger partial charge in [-0.25, -0.2) is 8.78 Å². The first-order valence-corrected chi connectivity index (χ1v) is 8.98. The molecule has 0 spiro atoms. The van der Waals surface area contributed by atoms with Gasteiger partial charge in [-0.2, -0.15) is 0 Å². The van der Waals surface area contributed by atoms with Gasteiger partial charge in [0.15, 0.2) is 0 Å². The predicted molar refractivity (Wildman–Crippen MR) is 100 cm³/mol. The van der Waals surface area contributed by atoms with E-state index in [4.69, 9.17) is 0 Å². The van der Waals surface area contributed by atoms with Crippen molar-refractivity contribution in [2.45, 2.75) is 26.7 Å². The number of likely N-dealkylation sites (tertiary alicyclic amines) is 1. The van der Waals surface area contributed by atoms with Gasteiger partial charge in [0.25, 0.3) is 0 Å². The normalized spacial score (nSPS) is 17.0.